The van der Waals surface area contributed by atoms with Crippen LogP contribution in [0.2, 0.25) is 0 Å². The van der Waals surface area contributed by atoms with Gasteiger partial charge in [0.05, 0.1) is 6.16 Å². The summed E-state index contributed by atoms with van der Waals surface area (Å²) in [6.45, 7) is 0.702. The van der Waals surface area contributed by atoms with Crippen LogP contribution in [-0.4, -0.2) is 12.8 Å². The van der Waals surface area contributed by atoms with Gasteiger partial charge >= 0.3 is 0 Å². The molecule has 0 atom stereocenters. The van der Waals surface area contributed by atoms with Crippen molar-refractivity contribution in [1.82, 2.24) is 0 Å². The Morgan fingerprint density at radius 1 is 0.362 bits per heavy atom. The standard InChI is InChI=1S/C44H44OP.BrH/c1(3-23-37-46(41-30-16-7-17-31-41,42-32-18-8-19-33-42)43-34-20-9-21-35-43)2-22-36-45-44(38-24-10-4-11-25-38,39-26-12-5-13-27-39)40-28-14-6-15-29-40;/h4-21,24-35H,1-3,22-23,36-37H2;1H/q+1;/p-1. The summed E-state index contributed by atoms with van der Waals surface area (Å²) in [5, 5.41) is 4.42. The average molecular weight is 700 g/mol. The molecule has 0 amide bonds. The lowest BCUT2D eigenvalue weighted by Crippen LogP contribution is -3.00. The molecule has 0 aliphatic carbocycles. The van der Waals surface area contributed by atoms with Gasteiger partial charge in [-0.2, -0.15) is 0 Å². The fourth-order valence-electron chi connectivity index (χ4n) is 6.86. The highest BCUT2D eigenvalue weighted by Gasteiger charge is 2.44. The largest absolute Gasteiger partial charge is 1.00 e. The molecule has 0 aliphatic rings. The van der Waals surface area contributed by atoms with Crippen molar-refractivity contribution in [1.29, 1.82) is 0 Å². The third kappa shape index (κ3) is 7.85. The zero-order valence-corrected chi connectivity index (χ0v) is 29.5. The summed E-state index contributed by atoms with van der Waals surface area (Å²) < 4.78 is 7.03. The van der Waals surface area contributed by atoms with Gasteiger partial charge in [0.15, 0.2) is 0 Å². The Morgan fingerprint density at radius 2 is 0.660 bits per heavy atom. The lowest BCUT2D eigenvalue weighted by Gasteiger charge is -2.36. The summed E-state index contributed by atoms with van der Waals surface area (Å²) >= 11 is 0. The van der Waals surface area contributed by atoms with Crippen LogP contribution in [0.1, 0.15) is 48.8 Å². The molecule has 0 fully saturated rings. The summed E-state index contributed by atoms with van der Waals surface area (Å²) in [5.41, 5.74) is 2.84. The number of ether oxygens (including phenoxy) is 1. The SMILES string of the molecule is [Br-].c1ccc(C(OCCCCCCC[P+](c2ccccc2)(c2ccccc2)c2ccccc2)(c2ccccc2)c2ccccc2)cc1. The maximum Gasteiger partial charge on any atom is 0.143 e. The molecule has 0 radical (unpaired) electrons. The van der Waals surface area contributed by atoms with Crippen molar-refractivity contribution in [2.75, 3.05) is 12.8 Å². The molecule has 1 nitrogen and oxygen atoms in total. The molecule has 238 valence electrons. The second-order valence-electron chi connectivity index (χ2n) is 11.9. The van der Waals surface area contributed by atoms with E-state index in [1.54, 1.807) is 0 Å². The molecule has 0 saturated carbocycles. The van der Waals surface area contributed by atoms with Crippen molar-refractivity contribution in [2.24, 2.45) is 0 Å². The molecule has 0 saturated heterocycles. The molecule has 6 rings (SSSR count). The van der Waals surface area contributed by atoms with E-state index < -0.39 is 12.9 Å². The van der Waals surface area contributed by atoms with Crippen LogP contribution in [0, 0.1) is 0 Å². The minimum atomic E-state index is -1.76. The fraction of sp³-hybridized carbons (Fsp3) is 0.182. The van der Waals surface area contributed by atoms with Crippen molar-refractivity contribution in [2.45, 2.75) is 37.7 Å². The van der Waals surface area contributed by atoms with Gasteiger partial charge in [0.1, 0.15) is 28.8 Å². The second-order valence-corrected chi connectivity index (χ2v) is 15.6. The van der Waals surface area contributed by atoms with E-state index >= 15 is 0 Å². The highest BCUT2D eigenvalue weighted by molar-refractivity contribution is 7.95. The Labute approximate surface area is 292 Å². The maximum absolute atomic E-state index is 7.03. The number of halogens is 1. The van der Waals surface area contributed by atoms with Crippen LogP contribution in [0.15, 0.2) is 182 Å². The molecule has 0 aliphatic heterocycles. The molecule has 3 heteroatoms. The van der Waals surface area contributed by atoms with Gasteiger partial charge in [-0.1, -0.05) is 158 Å². The van der Waals surface area contributed by atoms with Gasteiger partial charge in [0.2, 0.25) is 0 Å². The number of rotatable bonds is 15. The van der Waals surface area contributed by atoms with Crippen molar-refractivity contribution >= 4 is 23.2 Å². The first-order valence-corrected chi connectivity index (χ1v) is 18.7. The Kier molecular flexibility index (Phi) is 12.8. The lowest BCUT2D eigenvalue weighted by atomic mass is 9.80. The van der Waals surface area contributed by atoms with E-state index in [2.05, 4.69) is 182 Å². The van der Waals surface area contributed by atoms with Crippen LogP contribution < -0.4 is 32.9 Å². The van der Waals surface area contributed by atoms with Gasteiger partial charge in [-0.15, -0.1) is 0 Å². The van der Waals surface area contributed by atoms with Crippen LogP contribution in [0.4, 0.5) is 0 Å². The van der Waals surface area contributed by atoms with Crippen molar-refractivity contribution in [3.05, 3.63) is 199 Å². The van der Waals surface area contributed by atoms with E-state index in [0.717, 1.165) is 29.5 Å². The highest BCUT2D eigenvalue weighted by atomic mass is 79.9. The van der Waals surface area contributed by atoms with Crippen molar-refractivity contribution in [3.8, 4) is 0 Å². The Hall–Kier alpha value is -3.81. The van der Waals surface area contributed by atoms with Gasteiger partial charge in [0, 0.05) is 6.61 Å². The molecule has 0 aromatic heterocycles. The van der Waals surface area contributed by atoms with E-state index in [4.69, 9.17) is 4.74 Å². The van der Waals surface area contributed by atoms with Crippen molar-refractivity contribution < 1.29 is 21.7 Å². The first-order valence-electron chi connectivity index (χ1n) is 16.7. The zero-order chi connectivity index (χ0) is 31.3. The molecule has 0 spiro atoms. The van der Waals surface area contributed by atoms with Crippen LogP contribution in [0.25, 0.3) is 0 Å². The summed E-state index contributed by atoms with van der Waals surface area (Å²) in [6, 6.07) is 65.8. The highest BCUT2D eigenvalue weighted by Crippen LogP contribution is 2.56. The molecule has 6 aromatic rings. The molecule has 0 heterocycles. The lowest BCUT2D eigenvalue weighted by molar-refractivity contribution is -0.0000186. The molecule has 0 bridgehead atoms. The summed E-state index contributed by atoms with van der Waals surface area (Å²) in [6.07, 6.45) is 6.99. The van der Waals surface area contributed by atoms with Crippen LogP contribution in [0.5, 0.6) is 0 Å². The Bertz CT molecular complexity index is 1390. The number of hydrogen-bond donors (Lipinski definition) is 0. The second kappa shape index (κ2) is 17.4. The van der Waals surface area contributed by atoms with Crippen LogP contribution >= 0.6 is 7.26 Å². The molecule has 0 N–H and O–H groups in total. The van der Waals surface area contributed by atoms with Crippen LogP contribution in [-0.2, 0) is 10.3 Å². The molecule has 47 heavy (non-hydrogen) atoms. The molecule has 6 aromatic carbocycles. The minimum Gasteiger partial charge on any atom is -1.00 e. The third-order valence-corrected chi connectivity index (χ3v) is 13.6. The predicted molar refractivity (Wildman–Crippen MR) is 198 cm³/mol. The first-order chi connectivity index (χ1) is 22.8. The van der Waals surface area contributed by atoms with Gasteiger partial charge in [0.25, 0.3) is 0 Å². The van der Waals surface area contributed by atoms with Gasteiger partial charge in [-0.05, 0) is 72.4 Å². The van der Waals surface area contributed by atoms with Gasteiger partial charge < -0.3 is 21.7 Å². The van der Waals surface area contributed by atoms with E-state index in [1.165, 1.54) is 41.3 Å². The first kappa shape index (κ1) is 34.5. The van der Waals surface area contributed by atoms with Crippen LogP contribution in [0.3, 0.4) is 0 Å². The van der Waals surface area contributed by atoms with E-state index in [0.29, 0.717) is 6.61 Å². The normalized spacial score (nSPS) is 11.5. The van der Waals surface area contributed by atoms with E-state index in [9.17, 15) is 0 Å². The number of unbranched alkanes of at least 4 members (excludes halogenated alkanes) is 4. The average Bonchev–Trinajstić information content (AvgIpc) is 3.15. The fourth-order valence-corrected chi connectivity index (χ4v) is 11.3. The monoisotopic (exact) mass is 698 g/mol. The maximum atomic E-state index is 7.03. The van der Waals surface area contributed by atoms with E-state index in [1.807, 2.05) is 0 Å². The molecular weight excluding hydrogens is 655 g/mol. The van der Waals surface area contributed by atoms with Crippen molar-refractivity contribution in [3.63, 3.8) is 0 Å². The van der Waals surface area contributed by atoms with E-state index in [-0.39, 0.29) is 17.0 Å². The smallest absolute Gasteiger partial charge is 0.143 e. The molecular formula is C44H44BrOP. The van der Waals surface area contributed by atoms with Gasteiger partial charge in [-0.3, -0.25) is 0 Å². The quantitative estimate of drug-likeness (QED) is 0.0642. The summed E-state index contributed by atoms with van der Waals surface area (Å²) in [5.74, 6) is 0. The minimum absolute atomic E-state index is 0. The molecule has 0 unspecified atom stereocenters. The predicted octanol–water partition coefficient (Wildman–Crippen LogP) is 6.94. The Balaban J connectivity index is 0.00000433. The Morgan fingerprint density at radius 3 is 1.02 bits per heavy atom. The third-order valence-electron chi connectivity index (χ3n) is 9.09. The topological polar surface area (TPSA) is 9.23 Å². The number of benzene rings is 6. The summed E-state index contributed by atoms with van der Waals surface area (Å²) in [4.78, 5) is 0. The zero-order valence-electron chi connectivity index (χ0n) is 27.0. The summed E-state index contributed by atoms with van der Waals surface area (Å²) in [7, 11) is -1.76. The van der Waals surface area contributed by atoms with Gasteiger partial charge in [-0.25, -0.2) is 0 Å². The number of hydrogen-bond acceptors (Lipinski definition) is 1.